The zero-order valence-electron chi connectivity index (χ0n) is 14.8. The molecule has 2 rings (SSSR count). The molecule has 0 aliphatic rings. The van der Waals surface area contributed by atoms with Gasteiger partial charge >= 0.3 is 0 Å². The second-order valence-electron chi connectivity index (χ2n) is 5.24. The summed E-state index contributed by atoms with van der Waals surface area (Å²) in [4.78, 5) is 23.9. The zero-order valence-corrected chi connectivity index (χ0v) is 17.0. The maximum absolute atomic E-state index is 12.6. The van der Waals surface area contributed by atoms with E-state index in [1.807, 2.05) is 0 Å². The van der Waals surface area contributed by atoms with Gasteiger partial charge in [0.15, 0.2) is 11.5 Å². The van der Waals surface area contributed by atoms with Gasteiger partial charge in [-0.15, -0.1) is 0 Å². The standard InChI is InChI=1S/C18H19IN2O5/c1-10(22)20-14-6-5-11(7-15(14)24-2)21-18(23)12-8-16(25-3)17(26-4)9-13(12)19/h5-9H,1-4H3,(H,20,22)(H,21,23). The van der Waals surface area contributed by atoms with Crippen LogP contribution < -0.4 is 24.8 Å². The molecule has 0 aromatic heterocycles. The lowest BCUT2D eigenvalue weighted by Crippen LogP contribution is -2.14. The van der Waals surface area contributed by atoms with E-state index >= 15 is 0 Å². The van der Waals surface area contributed by atoms with Gasteiger partial charge in [-0.25, -0.2) is 0 Å². The number of carbonyl (C=O) groups excluding carboxylic acids is 2. The Morgan fingerprint density at radius 3 is 2.08 bits per heavy atom. The molecule has 138 valence electrons. The van der Waals surface area contributed by atoms with Gasteiger partial charge in [-0.05, 0) is 46.9 Å². The van der Waals surface area contributed by atoms with Gasteiger partial charge in [0.25, 0.3) is 5.91 Å². The minimum atomic E-state index is -0.301. The highest BCUT2D eigenvalue weighted by atomic mass is 127. The number of ether oxygens (including phenoxy) is 3. The van der Waals surface area contributed by atoms with Crippen molar-refractivity contribution in [3.05, 3.63) is 39.5 Å². The molecule has 0 aliphatic heterocycles. The van der Waals surface area contributed by atoms with Crippen LogP contribution in [-0.4, -0.2) is 33.1 Å². The van der Waals surface area contributed by atoms with Gasteiger partial charge < -0.3 is 24.8 Å². The summed E-state index contributed by atoms with van der Waals surface area (Å²) in [5.74, 6) is 0.955. The van der Waals surface area contributed by atoms with Crippen LogP contribution in [0.15, 0.2) is 30.3 Å². The lowest BCUT2D eigenvalue weighted by molar-refractivity contribution is -0.114. The fourth-order valence-corrected chi connectivity index (χ4v) is 2.97. The Balaban J connectivity index is 2.28. The summed E-state index contributed by atoms with van der Waals surface area (Å²) >= 11 is 2.06. The van der Waals surface area contributed by atoms with Crippen molar-refractivity contribution >= 4 is 45.8 Å². The summed E-state index contributed by atoms with van der Waals surface area (Å²) in [5, 5.41) is 5.48. The number of nitrogens with one attached hydrogen (secondary N) is 2. The number of anilines is 2. The van der Waals surface area contributed by atoms with Crippen molar-refractivity contribution in [1.82, 2.24) is 0 Å². The molecular formula is C18H19IN2O5. The van der Waals surface area contributed by atoms with Crippen LogP contribution in [0.25, 0.3) is 0 Å². The normalized spacial score (nSPS) is 10.0. The highest BCUT2D eigenvalue weighted by Crippen LogP contribution is 2.32. The zero-order chi connectivity index (χ0) is 19.3. The first-order valence-electron chi connectivity index (χ1n) is 7.58. The lowest BCUT2D eigenvalue weighted by Gasteiger charge is -2.14. The average molecular weight is 470 g/mol. The molecular weight excluding hydrogens is 451 g/mol. The molecule has 0 unspecified atom stereocenters. The SMILES string of the molecule is COc1cc(NC(=O)c2cc(OC)c(OC)cc2I)ccc1NC(C)=O. The molecule has 26 heavy (non-hydrogen) atoms. The second kappa shape index (κ2) is 8.75. The Morgan fingerprint density at radius 2 is 1.50 bits per heavy atom. The first kappa shape index (κ1) is 19.8. The number of hydrogen-bond acceptors (Lipinski definition) is 5. The quantitative estimate of drug-likeness (QED) is 0.632. The Kier molecular flexibility index (Phi) is 6.67. The van der Waals surface area contributed by atoms with Crippen molar-refractivity contribution < 1.29 is 23.8 Å². The number of methoxy groups -OCH3 is 3. The minimum absolute atomic E-state index is 0.208. The van der Waals surface area contributed by atoms with E-state index in [-0.39, 0.29) is 11.8 Å². The Bertz CT molecular complexity index is 839. The van der Waals surface area contributed by atoms with E-state index in [9.17, 15) is 9.59 Å². The maximum Gasteiger partial charge on any atom is 0.256 e. The number of benzene rings is 2. The molecule has 2 amide bonds. The molecule has 0 fully saturated rings. The summed E-state index contributed by atoms with van der Waals surface area (Å²) in [5.41, 5.74) is 1.51. The maximum atomic E-state index is 12.6. The van der Waals surface area contributed by atoms with Gasteiger partial charge in [0.1, 0.15) is 5.75 Å². The summed E-state index contributed by atoms with van der Waals surface area (Å²) in [6, 6.07) is 8.33. The van der Waals surface area contributed by atoms with Gasteiger partial charge in [0, 0.05) is 22.2 Å². The van der Waals surface area contributed by atoms with Gasteiger partial charge in [-0.3, -0.25) is 9.59 Å². The van der Waals surface area contributed by atoms with Crippen LogP contribution in [0.2, 0.25) is 0 Å². The molecule has 8 heteroatoms. The molecule has 0 spiro atoms. The van der Waals surface area contributed by atoms with Crippen molar-refractivity contribution in [2.75, 3.05) is 32.0 Å². The Hall–Kier alpha value is -2.49. The van der Waals surface area contributed by atoms with Crippen molar-refractivity contribution in [2.24, 2.45) is 0 Å². The summed E-state index contributed by atoms with van der Waals surface area (Å²) < 4.78 is 16.5. The first-order valence-corrected chi connectivity index (χ1v) is 8.66. The van der Waals surface area contributed by atoms with Crippen LogP contribution in [0.4, 0.5) is 11.4 Å². The van der Waals surface area contributed by atoms with Crippen molar-refractivity contribution in [3.63, 3.8) is 0 Å². The smallest absolute Gasteiger partial charge is 0.256 e. The van der Waals surface area contributed by atoms with E-state index in [1.54, 1.807) is 30.3 Å². The van der Waals surface area contributed by atoms with E-state index in [0.717, 1.165) is 3.57 Å². The molecule has 0 bridgehead atoms. The number of amides is 2. The fourth-order valence-electron chi connectivity index (χ4n) is 2.29. The van der Waals surface area contributed by atoms with Crippen molar-refractivity contribution in [1.29, 1.82) is 0 Å². The van der Waals surface area contributed by atoms with E-state index in [4.69, 9.17) is 14.2 Å². The van der Waals surface area contributed by atoms with Crippen LogP contribution in [0.3, 0.4) is 0 Å². The number of carbonyl (C=O) groups is 2. The minimum Gasteiger partial charge on any atom is -0.494 e. The molecule has 0 saturated heterocycles. The lowest BCUT2D eigenvalue weighted by atomic mass is 10.1. The molecule has 2 aromatic rings. The van der Waals surface area contributed by atoms with E-state index in [0.29, 0.717) is 34.2 Å². The van der Waals surface area contributed by atoms with E-state index in [1.165, 1.54) is 28.3 Å². The number of halogens is 1. The predicted molar refractivity (Wildman–Crippen MR) is 108 cm³/mol. The third kappa shape index (κ3) is 4.57. The Morgan fingerprint density at radius 1 is 0.885 bits per heavy atom. The topological polar surface area (TPSA) is 85.9 Å². The van der Waals surface area contributed by atoms with Gasteiger partial charge in [0.2, 0.25) is 5.91 Å². The highest BCUT2D eigenvalue weighted by molar-refractivity contribution is 14.1. The monoisotopic (exact) mass is 470 g/mol. The summed E-state index contributed by atoms with van der Waals surface area (Å²) in [7, 11) is 4.54. The van der Waals surface area contributed by atoms with Crippen molar-refractivity contribution in [2.45, 2.75) is 6.92 Å². The average Bonchev–Trinajstić information content (AvgIpc) is 2.61. The number of rotatable bonds is 6. The van der Waals surface area contributed by atoms with E-state index < -0.39 is 0 Å². The second-order valence-corrected chi connectivity index (χ2v) is 6.40. The Labute approximate surface area is 165 Å². The van der Waals surface area contributed by atoms with Gasteiger partial charge in [-0.2, -0.15) is 0 Å². The van der Waals surface area contributed by atoms with Crippen LogP contribution in [0, 0.1) is 3.57 Å². The predicted octanol–water partition coefficient (Wildman–Crippen LogP) is 3.53. The first-order chi connectivity index (χ1) is 12.4. The van der Waals surface area contributed by atoms with Gasteiger partial charge in [-0.1, -0.05) is 0 Å². The van der Waals surface area contributed by atoms with Crippen LogP contribution >= 0.6 is 22.6 Å². The molecule has 0 saturated carbocycles. The van der Waals surface area contributed by atoms with Crippen LogP contribution in [0.5, 0.6) is 17.2 Å². The highest BCUT2D eigenvalue weighted by Gasteiger charge is 2.16. The summed E-state index contributed by atoms with van der Waals surface area (Å²) in [6.07, 6.45) is 0. The molecule has 2 aromatic carbocycles. The summed E-state index contributed by atoms with van der Waals surface area (Å²) in [6.45, 7) is 1.41. The van der Waals surface area contributed by atoms with Crippen LogP contribution in [0.1, 0.15) is 17.3 Å². The van der Waals surface area contributed by atoms with Crippen LogP contribution in [-0.2, 0) is 4.79 Å². The molecule has 0 heterocycles. The van der Waals surface area contributed by atoms with Gasteiger partial charge in [0.05, 0.1) is 32.6 Å². The molecule has 0 radical (unpaired) electrons. The molecule has 0 aliphatic carbocycles. The fraction of sp³-hybridized carbons (Fsp3) is 0.222. The molecule has 2 N–H and O–H groups in total. The number of hydrogen-bond donors (Lipinski definition) is 2. The molecule has 7 nitrogen and oxygen atoms in total. The third-order valence-electron chi connectivity index (χ3n) is 3.49. The molecule has 0 atom stereocenters. The third-order valence-corrected chi connectivity index (χ3v) is 4.38. The largest absolute Gasteiger partial charge is 0.494 e. The van der Waals surface area contributed by atoms with E-state index in [2.05, 4.69) is 33.2 Å². The van der Waals surface area contributed by atoms with Crippen molar-refractivity contribution in [3.8, 4) is 17.2 Å².